The molecule has 0 spiro atoms. The molecule has 2 aromatic rings. The summed E-state index contributed by atoms with van der Waals surface area (Å²) in [5.74, 6) is 0.930. The number of fused-ring (bicyclic) bond motifs is 1. The van der Waals surface area contributed by atoms with E-state index in [1.165, 1.54) is 0 Å². The summed E-state index contributed by atoms with van der Waals surface area (Å²) in [5, 5.41) is 19.5. The molecule has 1 aliphatic rings. The van der Waals surface area contributed by atoms with Crippen LogP contribution in [0.1, 0.15) is 12.5 Å². The fourth-order valence-electron chi connectivity index (χ4n) is 3.26. The van der Waals surface area contributed by atoms with E-state index in [9.17, 15) is 19.4 Å². The maximum atomic E-state index is 12.1. The first kappa shape index (κ1) is 25.0. The maximum absolute atomic E-state index is 12.1. The number of aliphatic hydroxyl groups excluding tert-OH is 1. The van der Waals surface area contributed by atoms with E-state index >= 15 is 0 Å². The molecule has 1 aliphatic heterocycles. The van der Waals surface area contributed by atoms with Crippen molar-refractivity contribution in [3.05, 3.63) is 48.0 Å². The number of hydrogen-bond donors (Lipinski definition) is 5. The summed E-state index contributed by atoms with van der Waals surface area (Å²) in [6.07, 6.45) is -0.733. The second kappa shape index (κ2) is 12.0. The molecule has 33 heavy (non-hydrogen) atoms. The normalized spacial score (nSPS) is 15.0. The van der Waals surface area contributed by atoms with E-state index in [1.807, 2.05) is 12.1 Å². The Bertz CT molecular complexity index is 971. The zero-order valence-electron chi connectivity index (χ0n) is 18.5. The number of carbonyl (C=O) groups is 1. The van der Waals surface area contributed by atoms with E-state index in [0.717, 1.165) is 16.9 Å². The number of anilines is 2. The molecule has 0 amide bonds. The first-order chi connectivity index (χ1) is 15.9. The van der Waals surface area contributed by atoms with Gasteiger partial charge < -0.3 is 39.9 Å². The summed E-state index contributed by atoms with van der Waals surface area (Å²) >= 11 is 0. The summed E-state index contributed by atoms with van der Waals surface area (Å²) < 4.78 is 27.3. The highest BCUT2D eigenvalue weighted by atomic mass is 31.2. The van der Waals surface area contributed by atoms with Crippen molar-refractivity contribution in [3.63, 3.8) is 0 Å². The summed E-state index contributed by atoms with van der Waals surface area (Å²) in [5.41, 5.74) is 2.66. The molecule has 1 heterocycles. The van der Waals surface area contributed by atoms with Gasteiger partial charge in [0.2, 0.25) is 0 Å². The van der Waals surface area contributed by atoms with Crippen LogP contribution in [0.25, 0.3) is 0 Å². The van der Waals surface area contributed by atoms with Crippen LogP contribution in [0.5, 0.6) is 11.5 Å². The molecule has 180 valence electrons. The van der Waals surface area contributed by atoms with Crippen LogP contribution in [0.15, 0.2) is 42.5 Å². The molecule has 2 unspecified atom stereocenters. The highest BCUT2D eigenvalue weighted by molar-refractivity contribution is 7.52. The molecule has 0 fully saturated rings. The average molecular weight is 479 g/mol. The van der Waals surface area contributed by atoms with Gasteiger partial charge in [0.25, 0.3) is 0 Å². The van der Waals surface area contributed by atoms with E-state index in [4.69, 9.17) is 14.0 Å². The predicted molar refractivity (Wildman–Crippen MR) is 125 cm³/mol. The number of hydrogen-bond acceptors (Lipinski definition) is 9. The van der Waals surface area contributed by atoms with Crippen LogP contribution in [0, 0.1) is 0 Å². The molecule has 3 rings (SSSR count). The van der Waals surface area contributed by atoms with Gasteiger partial charge in [0, 0.05) is 6.54 Å². The Morgan fingerprint density at radius 3 is 2.73 bits per heavy atom. The van der Waals surface area contributed by atoms with Crippen LogP contribution in [0.2, 0.25) is 0 Å². The largest absolute Gasteiger partial charge is 0.484 e. The average Bonchev–Trinajstić information content (AvgIpc) is 3.27. The van der Waals surface area contributed by atoms with Crippen molar-refractivity contribution in [1.82, 2.24) is 5.32 Å². The molecule has 0 saturated heterocycles. The molecular formula is C22H30N3O7P. The first-order valence-electron chi connectivity index (χ1n) is 10.7. The Hall–Kier alpha value is -2.62. The highest BCUT2D eigenvalue weighted by Crippen LogP contribution is 2.41. The molecule has 0 saturated carbocycles. The molecule has 11 heteroatoms. The second-order valence-electron chi connectivity index (χ2n) is 7.50. The summed E-state index contributed by atoms with van der Waals surface area (Å²) in [6, 6.07) is 12.5. The van der Waals surface area contributed by atoms with Crippen molar-refractivity contribution in [2.75, 3.05) is 50.0 Å². The smallest absolute Gasteiger partial charge is 0.365 e. The number of carbonyl (C=O) groups excluding carboxylic acids is 1. The van der Waals surface area contributed by atoms with Crippen LogP contribution in [0.4, 0.5) is 11.4 Å². The van der Waals surface area contributed by atoms with Crippen molar-refractivity contribution in [3.8, 4) is 11.5 Å². The van der Waals surface area contributed by atoms with Crippen LogP contribution in [0.3, 0.4) is 0 Å². The van der Waals surface area contributed by atoms with Crippen molar-refractivity contribution in [2.24, 2.45) is 0 Å². The molecular weight excluding hydrogens is 449 g/mol. The minimum atomic E-state index is -3.75. The Morgan fingerprint density at radius 1 is 1.18 bits per heavy atom. The monoisotopic (exact) mass is 479 g/mol. The lowest BCUT2D eigenvalue weighted by Gasteiger charge is -2.14. The number of benzene rings is 2. The van der Waals surface area contributed by atoms with Gasteiger partial charge in [0.1, 0.15) is 23.8 Å². The molecule has 2 atom stereocenters. The first-order valence-corrected chi connectivity index (χ1v) is 12.4. The number of nitrogens with one attached hydrogen (secondary N) is 3. The standard InChI is InChI=1S/C22H30N3O7P/c1-2-32-33(28,29)15-31-19-8-6-16(7-9-19)10-17(26)11-23-12-18(27)13-30-21-5-3-4-20-22(21)25-14-24-20/h3-9,17,23-26H,2,10-15H2,1H3,(H,28,29). The lowest BCUT2D eigenvalue weighted by Crippen LogP contribution is -2.34. The molecule has 0 aromatic heterocycles. The van der Waals surface area contributed by atoms with Crippen LogP contribution < -0.4 is 25.4 Å². The third-order valence-electron chi connectivity index (χ3n) is 4.78. The van der Waals surface area contributed by atoms with E-state index in [0.29, 0.717) is 24.6 Å². The minimum absolute atomic E-state index is 0.0627. The zero-order chi connectivity index (χ0) is 23.7. The van der Waals surface area contributed by atoms with Crippen LogP contribution in [-0.2, 0) is 20.3 Å². The van der Waals surface area contributed by atoms with Gasteiger partial charge in [-0.25, -0.2) is 0 Å². The maximum Gasteiger partial charge on any atom is 0.365 e. The SMILES string of the molecule is CCOP(=O)(O)COc1ccc(CC(O)CNCC(=O)COc2cccc3c2NCN3)cc1. The van der Waals surface area contributed by atoms with E-state index in [-0.39, 0.29) is 32.1 Å². The summed E-state index contributed by atoms with van der Waals surface area (Å²) in [6.45, 7) is 2.66. The Labute approximate surface area is 192 Å². The topological polar surface area (TPSA) is 138 Å². The van der Waals surface area contributed by atoms with Gasteiger partial charge in [-0.05, 0) is 43.2 Å². The molecule has 0 radical (unpaired) electrons. The van der Waals surface area contributed by atoms with Gasteiger partial charge in [0.15, 0.2) is 12.1 Å². The number of para-hydroxylation sites is 1. The lowest BCUT2D eigenvalue weighted by molar-refractivity contribution is -0.120. The van der Waals surface area contributed by atoms with Gasteiger partial charge in [-0.1, -0.05) is 18.2 Å². The Morgan fingerprint density at radius 2 is 1.97 bits per heavy atom. The predicted octanol–water partition coefficient (Wildman–Crippen LogP) is 2.18. The molecule has 0 bridgehead atoms. The highest BCUT2D eigenvalue weighted by Gasteiger charge is 2.19. The van der Waals surface area contributed by atoms with E-state index < -0.39 is 20.0 Å². The van der Waals surface area contributed by atoms with Gasteiger partial charge >= 0.3 is 7.60 Å². The van der Waals surface area contributed by atoms with E-state index in [2.05, 4.69) is 16.0 Å². The fourth-order valence-corrected chi connectivity index (χ4v) is 4.05. The van der Waals surface area contributed by atoms with Crippen molar-refractivity contribution in [1.29, 1.82) is 0 Å². The van der Waals surface area contributed by atoms with Crippen LogP contribution >= 0.6 is 7.60 Å². The van der Waals surface area contributed by atoms with Crippen LogP contribution in [-0.4, -0.2) is 61.2 Å². The van der Waals surface area contributed by atoms with Crippen molar-refractivity contribution in [2.45, 2.75) is 19.4 Å². The molecule has 2 aromatic carbocycles. The van der Waals surface area contributed by atoms with E-state index in [1.54, 1.807) is 37.3 Å². The number of aliphatic hydroxyl groups is 1. The fraction of sp³-hybridized carbons (Fsp3) is 0.409. The third-order valence-corrected chi connectivity index (χ3v) is 5.90. The molecule has 10 nitrogen and oxygen atoms in total. The second-order valence-corrected chi connectivity index (χ2v) is 9.29. The summed E-state index contributed by atoms with van der Waals surface area (Å²) in [4.78, 5) is 21.6. The van der Waals surface area contributed by atoms with Gasteiger partial charge in [-0.15, -0.1) is 0 Å². The zero-order valence-corrected chi connectivity index (χ0v) is 19.3. The minimum Gasteiger partial charge on any atom is -0.484 e. The Kier molecular flexibility index (Phi) is 9.11. The Balaban J connectivity index is 1.34. The number of ketones is 1. The quantitative estimate of drug-likeness (QED) is 0.256. The van der Waals surface area contributed by atoms with Gasteiger partial charge in [-0.2, -0.15) is 0 Å². The van der Waals surface area contributed by atoms with Crippen molar-refractivity contribution < 1.29 is 33.4 Å². The number of ether oxygens (including phenoxy) is 2. The van der Waals surface area contributed by atoms with Gasteiger partial charge in [0.05, 0.1) is 31.6 Å². The number of rotatable bonds is 14. The molecule has 5 N–H and O–H groups in total. The van der Waals surface area contributed by atoms with Gasteiger partial charge in [-0.3, -0.25) is 9.36 Å². The van der Waals surface area contributed by atoms with Crippen molar-refractivity contribution >= 4 is 24.8 Å². The third kappa shape index (κ3) is 8.03. The molecule has 0 aliphatic carbocycles. The number of Topliss-reactive ketones (excluding diaryl/α,β-unsaturated/α-hetero) is 1. The summed E-state index contributed by atoms with van der Waals surface area (Å²) in [7, 11) is -3.75. The lowest BCUT2D eigenvalue weighted by atomic mass is 10.1.